The van der Waals surface area contributed by atoms with Crippen molar-refractivity contribution in [3.8, 4) is 11.1 Å². The zero-order valence-electron chi connectivity index (χ0n) is 11.1. The molecule has 0 heterocycles. The number of aliphatic carboxylic acids is 1. The lowest BCUT2D eigenvalue weighted by Crippen LogP contribution is -2.08. The smallest absolute Gasteiger partial charge is 0.417 e. The van der Waals surface area contributed by atoms with E-state index in [9.17, 15) is 22.4 Å². The molecule has 0 radical (unpaired) electrons. The Morgan fingerprint density at radius 1 is 1.09 bits per heavy atom. The van der Waals surface area contributed by atoms with Gasteiger partial charge in [-0.1, -0.05) is 30.3 Å². The summed E-state index contributed by atoms with van der Waals surface area (Å²) in [6, 6.07) is 8.72. The van der Waals surface area contributed by atoms with Crippen LogP contribution in [0.25, 0.3) is 17.2 Å². The second-order valence-electron chi connectivity index (χ2n) is 4.45. The molecule has 0 unspecified atom stereocenters. The fourth-order valence-corrected chi connectivity index (χ4v) is 1.97. The van der Waals surface area contributed by atoms with Crippen LogP contribution in [0.5, 0.6) is 0 Å². The normalized spacial score (nSPS) is 11.8. The molecule has 0 aliphatic carbocycles. The second kappa shape index (κ2) is 6.01. The molecule has 0 spiro atoms. The molecule has 2 aromatic rings. The number of benzene rings is 2. The molecule has 1 N–H and O–H groups in total. The van der Waals surface area contributed by atoms with Crippen LogP contribution in [0, 0.1) is 5.82 Å². The lowest BCUT2D eigenvalue weighted by atomic mass is 9.98. The van der Waals surface area contributed by atoms with Gasteiger partial charge in [-0.05, 0) is 29.3 Å². The summed E-state index contributed by atoms with van der Waals surface area (Å²) in [4.78, 5) is 10.4. The summed E-state index contributed by atoms with van der Waals surface area (Å²) < 4.78 is 53.0. The summed E-state index contributed by atoms with van der Waals surface area (Å²) >= 11 is 0. The fourth-order valence-electron chi connectivity index (χ4n) is 1.97. The number of hydrogen-bond acceptors (Lipinski definition) is 1. The first-order chi connectivity index (χ1) is 10.3. The van der Waals surface area contributed by atoms with Crippen LogP contribution < -0.4 is 0 Å². The van der Waals surface area contributed by atoms with E-state index in [0.29, 0.717) is 6.08 Å². The average molecular weight is 310 g/mol. The predicted molar refractivity (Wildman–Crippen MR) is 73.5 cm³/mol. The van der Waals surface area contributed by atoms with Crippen LogP contribution in [0.4, 0.5) is 17.6 Å². The maximum absolute atomic E-state index is 13.7. The van der Waals surface area contributed by atoms with Crippen LogP contribution in [-0.2, 0) is 11.0 Å². The minimum Gasteiger partial charge on any atom is -0.478 e. The first kappa shape index (κ1) is 15.8. The second-order valence-corrected chi connectivity index (χ2v) is 4.45. The Labute approximate surface area is 123 Å². The molecule has 2 rings (SSSR count). The summed E-state index contributed by atoms with van der Waals surface area (Å²) in [7, 11) is 0. The van der Waals surface area contributed by atoms with Crippen LogP contribution in [0.3, 0.4) is 0 Å². The van der Waals surface area contributed by atoms with Crippen molar-refractivity contribution in [1.29, 1.82) is 0 Å². The fraction of sp³-hybridized carbons (Fsp3) is 0.0625. The molecule has 0 aliphatic heterocycles. The first-order valence-electron chi connectivity index (χ1n) is 6.16. The maximum Gasteiger partial charge on any atom is 0.417 e. The van der Waals surface area contributed by atoms with Crippen molar-refractivity contribution >= 4 is 12.0 Å². The van der Waals surface area contributed by atoms with Gasteiger partial charge in [-0.3, -0.25) is 0 Å². The molecule has 0 bridgehead atoms. The molecule has 0 saturated carbocycles. The quantitative estimate of drug-likeness (QED) is 0.664. The SMILES string of the molecule is O=C(O)C=Cc1ccc(-c2ccccc2F)cc1C(F)(F)F. The molecule has 114 valence electrons. The number of carbonyl (C=O) groups is 1. The Kier molecular flexibility index (Phi) is 4.30. The van der Waals surface area contributed by atoms with Gasteiger partial charge in [-0.25, -0.2) is 9.18 Å². The van der Waals surface area contributed by atoms with E-state index in [0.717, 1.165) is 24.3 Å². The van der Waals surface area contributed by atoms with Gasteiger partial charge in [0.1, 0.15) is 5.82 Å². The van der Waals surface area contributed by atoms with Gasteiger partial charge in [0.05, 0.1) is 5.56 Å². The molecule has 22 heavy (non-hydrogen) atoms. The Morgan fingerprint density at radius 3 is 2.36 bits per heavy atom. The van der Waals surface area contributed by atoms with Gasteiger partial charge < -0.3 is 5.11 Å². The molecular weight excluding hydrogens is 300 g/mol. The third-order valence-electron chi connectivity index (χ3n) is 2.95. The molecule has 0 fully saturated rings. The molecule has 2 aromatic carbocycles. The van der Waals surface area contributed by atoms with E-state index in [-0.39, 0.29) is 16.7 Å². The van der Waals surface area contributed by atoms with Gasteiger partial charge in [-0.2, -0.15) is 13.2 Å². The van der Waals surface area contributed by atoms with E-state index in [1.807, 2.05) is 0 Å². The maximum atomic E-state index is 13.7. The summed E-state index contributed by atoms with van der Waals surface area (Å²) in [5.41, 5.74) is -1.21. The zero-order valence-corrected chi connectivity index (χ0v) is 11.1. The lowest BCUT2D eigenvalue weighted by Gasteiger charge is -2.13. The molecular formula is C16H10F4O2. The van der Waals surface area contributed by atoms with Gasteiger partial charge in [0.25, 0.3) is 0 Å². The van der Waals surface area contributed by atoms with E-state index in [1.165, 1.54) is 24.3 Å². The zero-order chi connectivity index (χ0) is 16.3. The van der Waals surface area contributed by atoms with E-state index >= 15 is 0 Å². The molecule has 2 nitrogen and oxygen atoms in total. The van der Waals surface area contributed by atoms with Gasteiger partial charge in [0, 0.05) is 11.6 Å². The highest BCUT2D eigenvalue weighted by atomic mass is 19.4. The van der Waals surface area contributed by atoms with Crippen LogP contribution >= 0.6 is 0 Å². The van der Waals surface area contributed by atoms with Crippen molar-refractivity contribution < 1.29 is 27.5 Å². The number of carboxylic acids is 1. The molecule has 0 saturated heterocycles. The largest absolute Gasteiger partial charge is 0.478 e. The van der Waals surface area contributed by atoms with Crippen LogP contribution in [0.2, 0.25) is 0 Å². The standard InChI is InChI=1S/C16H10F4O2/c17-14-4-2-1-3-12(14)11-6-5-10(7-8-15(21)22)13(9-11)16(18,19)20/h1-9H,(H,21,22). The van der Waals surface area contributed by atoms with Crippen molar-refractivity contribution in [1.82, 2.24) is 0 Å². The van der Waals surface area contributed by atoms with Crippen LogP contribution in [-0.4, -0.2) is 11.1 Å². The monoisotopic (exact) mass is 310 g/mol. The molecule has 0 amide bonds. The number of alkyl halides is 3. The van der Waals surface area contributed by atoms with E-state index < -0.39 is 23.5 Å². The minimum absolute atomic E-state index is 0.0433. The van der Waals surface area contributed by atoms with Gasteiger partial charge in [0.2, 0.25) is 0 Å². The van der Waals surface area contributed by atoms with Gasteiger partial charge in [-0.15, -0.1) is 0 Å². The number of halogens is 4. The molecule has 0 aliphatic rings. The van der Waals surface area contributed by atoms with Gasteiger partial charge in [0.15, 0.2) is 0 Å². The Bertz CT molecular complexity index is 733. The first-order valence-corrected chi connectivity index (χ1v) is 6.16. The Morgan fingerprint density at radius 2 is 1.77 bits per heavy atom. The van der Waals surface area contributed by atoms with Crippen molar-refractivity contribution in [3.63, 3.8) is 0 Å². The van der Waals surface area contributed by atoms with Crippen LogP contribution in [0.15, 0.2) is 48.5 Å². The molecule has 0 aromatic heterocycles. The lowest BCUT2D eigenvalue weighted by molar-refractivity contribution is -0.137. The van der Waals surface area contributed by atoms with Crippen molar-refractivity contribution in [2.24, 2.45) is 0 Å². The Hall–Kier alpha value is -2.63. The minimum atomic E-state index is -4.68. The van der Waals surface area contributed by atoms with Crippen molar-refractivity contribution in [2.45, 2.75) is 6.18 Å². The van der Waals surface area contributed by atoms with Crippen molar-refractivity contribution in [2.75, 3.05) is 0 Å². The third-order valence-corrected chi connectivity index (χ3v) is 2.95. The number of hydrogen-bond donors (Lipinski definition) is 1. The highest BCUT2D eigenvalue weighted by Gasteiger charge is 2.33. The summed E-state index contributed by atoms with van der Waals surface area (Å²) in [6.07, 6.45) is -3.21. The highest BCUT2D eigenvalue weighted by Crippen LogP contribution is 2.36. The summed E-state index contributed by atoms with van der Waals surface area (Å²) in [5, 5.41) is 8.52. The molecule has 0 atom stereocenters. The number of rotatable bonds is 3. The predicted octanol–water partition coefficient (Wildman–Crippen LogP) is 4.61. The van der Waals surface area contributed by atoms with E-state index in [1.54, 1.807) is 0 Å². The molecule has 6 heteroatoms. The van der Waals surface area contributed by atoms with E-state index in [4.69, 9.17) is 5.11 Å². The highest BCUT2D eigenvalue weighted by molar-refractivity contribution is 5.86. The van der Waals surface area contributed by atoms with Crippen LogP contribution in [0.1, 0.15) is 11.1 Å². The Balaban J connectivity index is 2.58. The summed E-state index contributed by atoms with van der Waals surface area (Å²) in [6.45, 7) is 0. The summed E-state index contributed by atoms with van der Waals surface area (Å²) in [5.74, 6) is -1.99. The van der Waals surface area contributed by atoms with Gasteiger partial charge >= 0.3 is 12.1 Å². The van der Waals surface area contributed by atoms with E-state index in [2.05, 4.69) is 0 Å². The third kappa shape index (κ3) is 3.52. The average Bonchev–Trinajstić information content (AvgIpc) is 2.44. The van der Waals surface area contributed by atoms with Crippen molar-refractivity contribution in [3.05, 3.63) is 65.5 Å². The topological polar surface area (TPSA) is 37.3 Å². The number of carboxylic acid groups (broad SMARTS) is 1.